The van der Waals surface area contributed by atoms with E-state index < -0.39 is 0 Å². The summed E-state index contributed by atoms with van der Waals surface area (Å²) in [4.78, 5) is 13.8. The summed E-state index contributed by atoms with van der Waals surface area (Å²) in [7, 11) is 0. The third-order valence-electron chi connectivity index (χ3n) is 3.17. The van der Waals surface area contributed by atoms with Crippen LogP contribution in [0.15, 0.2) is 24.3 Å². The normalized spacial score (nSPS) is 19.2. The fourth-order valence-corrected chi connectivity index (χ4v) is 2.03. The van der Waals surface area contributed by atoms with Crippen molar-refractivity contribution in [2.24, 2.45) is 0 Å². The Morgan fingerprint density at radius 2 is 2.42 bits per heavy atom. The van der Waals surface area contributed by atoms with Crippen molar-refractivity contribution in [3.63, 3.8) is 0 Å². The summed E-state index contributed by atoms with van der Waals surface area (Å²) in [5.41, 5.74) is 6.28. The minimum Gasteiger partial charge on any atom is -0.484 e. The van der Waals surface area contributed by atoms with Crippen LogP contribution < -0.4 is 10.5 Å². The largest absolute Gasteiger partial charge is 0.484 e. The van der Waals surface area contributed by atoms with Crippen molar-refractivity contribution in [3.05, 3.63) is 24.3 Å². The third-order valence-corrected chi connectivity index (χ3v) is 3.17. The molecule has 104 valence electrons. The van der Waals surface area contributed by atoms with E-state index in [0.717, 1.165) is 6.42 Å². The Balaban J connectivity index is 1.84. The molecule has 1 amide bonds. The van der Waals surface area contributed by atoms with Gasteiger partial charge < -0.3 is 20.1 Å². The highest BCUT2D eigenvalue weighted by Crippen LogP contribution is 2.15. The smallest absolute Gasteiger partial charge is 0.260 e. The quantitative estimate of drug-likeness (QED) is 0.832. The zero-order valence-electron chi connectivity index (χ0n) is 11.2. The van der Waals surface area contributed by atoms with Gasteiger partial charge in [0.2, 0.25) is 0 Å². The predicted molar refractivity (Wildman–Crippen MR) is 73.0 cm³/mol. The highest BCUT2D eigenvalue weighted by atomic mass is 16.5. The Kier molecular flexibility index (Phi) is 4.63. The second-order valence-corrected chi connectivity index (χ2v) is 4.60. The minimum atomic E-state index is -0.0100. The molecule has 0 aromatic heterocycles. The number of ether oxygens (including phenoxy) is 2. The lowest BCUT2D eigenvalue weighted by molar-refractivity contribution is -0.141. The van der Waals surface area contributed by atoms with E-state index in [0.29, 0.717) is 31.1 Å². The molecule has 0 spiro atoms. The summed E-state index contributed by atoms with van der Waals surface area (Å²) >= 11 is 0. The molecule has 1 aromatic carbocycles. The number of carbonyl (C=O) groups is 1. The lowest BCUT2D eigenvalue weighted by Crippen LogP contribution is -2.47. The lowest BCUT2D eigenvalue weighted by atomic mass is 10.2. The van der Waals surface area contributed by atoms with Crippen LogP contribution in [-0.2, 0) is 9.53 Å². The number of carbonyl (C=O) groups excluding carboxylic acids is 1. The van der Waals surface area contributed by atoms with Gasteiger partial charge in [0.05, 0.1) is 12.7 Å². The van der Waals surface area contributed by atoms with Crippen molar-refractivity contribution in [3.8, 4) is 5.75 Å². The summed E-state index contributed by atoms with van der Waals surface area (Å²) in [5.74, 6) is 0.609. The van der Waals surface area contributed by atoms with Gasteiger partial charge >= 0.3 is 0 Å². The number of rotatable bonds is 4. The molecule has 5 nitrogen and oxygen atoms in total. The van der Waals surface area contributed by atoms with Crippen LogP contribution in [0.5, 0.6) is 5.75 Å². The van der Waals surface area contributed by atoms with E-state index in [1.807, 2.05) is 0 Å². The summed E-state index contributed by atoms with van der Waals surface area (Å²) < 4.78 is 11.0. The summed E-state index contributed by atoms with van der Waals surface area (Å²) in [6.45, 7) is 3.98. The second kappa shape index (κ2) is 6.43. The first-order chi connectivity index (χ1) is 9.19. The Bertz CT molecular complexity index is 436. The monoisotopic (exact) mass is 264 g/mol. The zero-order chi connectivity index (χ0) is 13.7. The standard InChI is InChI=1S/C14H20N2O3/c1-2-12-9-16(6-7-18-12)14(17)10-19-13-5-3-4-11(15)8-13/h3-5,8,12H,2,6-7,9-10,15H2,1H3. The Morgan fingerprint density at radius 3 is 3.16 bits per heavy atom. The fourth-order valence-electron chi connectivity index (χ4n) is 2.03. The molecule has 1 atom stereocenters. The Hall–Kier alpha value is -1.75. The first kappa shape index (κ1) is 13.7. The molecular weight excluding hydrogens is 244 g/mol. The highest BCUT2D eigenvalue weighted by Gasteiger charge is 2.23. The highest BCUT2D eigenvalue weighted by molar-refractivity contribution is 5.78. The lowest BCUT2D eigenvalue weighted by Gasteiger charge is -2.32. The number of nitrogens with two attached hydrogens (primary N) is 1. The van der Waals surface area contributed by atoms with Crippen LogP contribution in [0.4, 0.5) is 5.69 Å². The maximum absolute atomic E-state index is 12.0. The molecule has 1 aromatic rings. The number of benzene rings is 1. The molecular formula is C14H20N2O3. The van der Waals surface area contributed by atoms with Crippen molar-refractivity contribution in [1.29, 1.82) is 0 Å². The predicted octanol–water partition coefficient (Wildman–Crippen LogP) is 1.29. The van der Waals surface area contributed by atoms with Gasteiger partial charge in [-0.2, -0.15) is 0 Å². The average Bonchev–Trinajstić information content (AvgIpc) is 2.45. The van der Waals surface area contributed by atoms with E-state index in [1.54, 1.807) is 29.2 Å². The average molecular weight is 264 g/mol. The van der Waals surface area contributed by atoms with Gasteiger partial charge in [0.15, 0.2) is 6.61 Å². The summed E-state index contributed by atoms with van der Waals surface area (Å²) in [5, 5.41) is 0. The maximum Gasteiger partial charge on any atom is 0.260 e. The van der Waals surface area contributed by atoms with Crippen LogP contribution in [0, 0.1) is 0 Å². The molecule has 0 radical (unpaired) electrons. The molecule has 1 saturated heterocycles. The van der Waals surface area contributed by atoms with Crippen LogP contribution in [0.1, 0.15) is 13.3 Å². The number of nitrogens with zero attached hydrogens (tertiary/aromatic N) is 1. The van der Waals surface area contributed by atoms with Crippen molar-refractivity contribution in [2.75, 3.05) is 32.0 Å². The van der Waals surface area contributed by atoms with E-state index in [1.165, 1.54) is 0 Å². The second-order valence-electron chi connectivity index (χ2n) is 4.60. The molecule has 19 heavy (non-hydrogen) atoms. The number of amides is 1. The van der Waals surface area contributed by atoms with Crippen LogP contribution in [0.25, 0.3) is 0 Å². The number of hydrogen-bond donors (Lipinski definition) is 1. The van der Waals surface area contributed by atoms with Crippen LogP contribution in [0.3, 0.4) is 0 Å². The number of anilines is 1. The molecule has 2 N–H and O–H groups in total. The fraction of sp³-hybridized carbons (Fsp3) is 0.500. The van der Waals surface area contributed by atoms with Crippen LogP contribution >= 0.6 is 0 Å². The van der Waals surface area contributed by atoms with E-state index in [9.17, 15) is 4.79 Å². The van der Waals surface area contributed by atoms with Gasteiger partial charge in [0.1, 0.15) is 5.75 Å². The van der Waals surface area contributed by atoms with Crippen molar-refractivity contribution >= 4 is 11.6 Å². The van der Waals surface area contributed by atoms with E-state index >= 15 is 0 Å². The Labute approximate surface area is 113 Å². The zero-order valence-corrected chi connectivity index (χ0v) is 11.2. The summed E-state index contributed by atoms with van der Waals surface area (Å²) in [6.07, 6.45) is 1.06. The van der Waals surface area contributed by atoms with Gasteiger partial charge in [-0.3, -0.25) is 4.79 Å². The molecule has 1 unspecified atom stereocenters. The van der Waals surface area contributed by atoms with Gasteiger partial charge in [-0.25, -0.2) is 0 Å². The molecule has 5 heteroatoms. The van der Waals surface area contributed by atoms with Gasteiger partial charge in [0.25, 0.3) is 5.91 Å². The van der Waals surface area contributed by atoms with E-state index in [4.69, 9.17) is 15.2 Å². The SMILES string of the molecule is CCC1CN(C(=O)COc2cccc(N)c2)CCO1. The molecule has 0 bridgehead atoms. The van der Waals surface area contributed by atoms with Gasteiger partial charge in [-0.1, -0.05) is 13.0 Å². The van der Waals surface area contributed by atoms with E-state index in [-0.39, 0.29) is 18.6 Å². The number of hydrogen-bond acceptors (Lipinski definition) is 4. The minimum absolute atomic E-state index is 0.0100. The molecule has 0 aliphatic carbocycles. The van der Waals surface area contributed by atoms with Crippen LogP contribution in [0.2, 0.25) is 0 Å². The molecule has 2 rings (SSSR count). The van der Waals surface area contributed by atoms with Crippen molar-refractivity contribution in [2.45, 2.75) is 19.4 Å². The number of morpholine rings is 1. The maximum atomic E-state index is 12.0. The molecule has 0 saturated carbocycles. The molecule has 1 aliphatic rings. The van der Waals surface area contributed by atoms with E-state index in [2.05, 4.69) is 6.92 Å². The molecule has 1 aliphatic heterocycles. The number of nitrogen functional groups attached to an aromatic ring is 1. The summed E-state index contributed by atoms with van der Waals surface area (Å²) in [6, 6.07) is 7.08. The Morgan fingerprint density at radius 1 is 1.58 bits per heavy atom. The van der Waals surface area contributed by atoms with Gasteiger partial charge in [-0.15, -0.1) is 0 Å². The third kappa shape index (κ3) is 3.86. The van der Waals surface area contributed by atoms with Gasteiger partial charge in [-0.05, 0) is 18.6 Å². The van der Waals surface area contributed by atoms with Crippen LogP contribution in [-0.4, -0.2) is 43.2 Å². The molecule has 1 fully saturated rings. The van der Waals surface area contributed by atoms with Crippen molar-refractivity contribution < 1.29 is 14.3 Å². The first-order valence-corrected chi connectivity index (χ1v) is 6.56. The topological polar surface area (TPSA) is 64.8 Å². The van der Waals surface area contributed by atoms with Crippen molar-refractivity contribution in [1.82, 2.24) is 4.90 Å². The molecule has 1 heterocycles. The van der Waals surface area contributed by atoms with Gasteiger partial charge in [0, 0.05) is 24.8 Å². The first-order valence-electron chi connectivity index (χ1n) is 6.56.